The normalized spacial score (nSPS) is 12.7. The number of nitrogens with zero attached hydrogens (tertiary/aromatic N) is 1. The number of carbonyl (C=O) groups excluding carboxylic acids is 1. The van der Waals surface area contributed by atoms with E-state index in [1.165, 1.54) is 43.5 Å². The molecule has 58 heavy (non-hydrogen) atoms. The molecule has 0 heterocycles. The summed E-state index contributed by atoms with van der Waals surface area (Å²) >= 11 is 0. The molecule has 0 bridgehead atoms. The van der Waals surface area contributed by atoms with Gasteiger partial charge in [0.2, 0.25) is 5.91 Å². The Morgan fingerprint density at radius 1 is 0.586 bits per heavy atom. The van der Waals surface area contributed by atoms with Gasteiger partial charge >= 0.3 is 0 Å². The van der Waals surface area contributed by atoms with E-state index >= 15 is 0 Å². The van der Waals surface area contributed by atoms with Crippen LogP contribution in [0, 0.1) is 35.2 Å². The molecular formula is C46H71F3N2O7. The summed E-state index contributed by atoms with van der Waals surface area (Å²) in [5, 5.41) is 0. The quantitative estimate of drug-likeness (QED) is 0.101. The number of hydrogen-bond acceptors (Lipinski definition) is 8. The lowest BCUT2D eigenvalue weighted by atomic mass is 9.98. The lowest BCUT2D eigenvalue weighted by Crippen LogP contribution is -2.20. The SMILES string of the molecule is CCCO[C@@H](CC(C)C)c1cc(F)ccc1OC.COc1ccc(F)cc1[C@H](CC(C)C)OCCC(N)=O.COc1ccc(F)cc1[C@H](CC(C)C)OCCN(C)C. The monoisotopic (exact) mass is 821 g/mol. The topological polar surface area (TPSA) is 102 Å². The van der Waals surface area contributed by atoms with Crippen LogP contribution >= 0.6 is 0 Å². The van der Waals surface area contributed by atoms with E-state index in [2.05, 4.69) is 53.4 Å². The van der Waals surface area contributed by atoms with Gasteiger partial charge in [-0.3, -0.25) is 4.79 Å². The van der Waals surface area contributed by atoms with Gasteiger partial charge in [-0.1, -0.05) is 48.5 Å². The second kappa shape index (κ2) is 28.6. The lowest BCUT2D eigenvalue weighted by molar-refractivity contribution is -0.119. The number of nitrogens with two attached hydrogens (primary N) is 1. The van der Waals surface area contributed by atoms with Crippen LogP contribution < -0.4 is 19.9 Å². The van der Waals surface area contributed by atoms with Crippen LogP contribution in [-0.4, -0.2) is 72.6 Å². The van der Waals surface area contributed by atoms with Crippen molar-refractivity contribution in [3.63, 3.8) is 0 Å². The van der Waals surface area contributed by atoms with Crippen molar-refractivity contribution in [2.45, 2.75) is 98.9 Å². The lowest BCUT2D eigenvalue weighted by Gasteiger charge is -2.23. The van der Waals surface area contributed by atoms with Crippen molar-refractivity contribution in [3.05, 3.63) is 88.7 Å². The van der Waals surface area contributed by atoms with Crippen LogP contribution in [0.1, 0.15) is 116 Å². The first kappa shape index (κ1) is 52.2. The second-order valence-corrected chi connectivity index (χ2v) is 15.6. The molecule has 3 aromatic rings. The van der Waals surface area contributed by atoms with Gasteiger partial charge in [-0.15, -0.1) is 0 Å². The summed E-state index contributed by atoms with van der Waals surface area (Å²) in [4.78, 5) is 12.8. The van der Waals surface area contributed by atoms with Crippen molar-refractivity contribution in [3.8, 4) is 17.2 Å². The first-order chi connectivity index (χ1) is 27.4. The van der Waals surface area contributed by atoms with Crippen molar-refractivity contribution in [2.24, 2.45) is 23.5 Å². The fraction of sp³-hybridized carbons (Fsp3) is 0.587. The van der Waals surface area contributed by atoms with Crippen molar-refractivity contribution in [2.75, 3.05) is 61.8 Å². The summed E-state index contributed by atoms with van der Waals surface area (Å²) in [5.74, 6) is 2.00. The van der Waals surface area contributed by atoms with Crippen molar-refractivity contribution >= 4 is 5.91 Å². The van der Waals surface area contributed by atoms with Crippen molar-refractivity contribution in [1.82, 2.24) is 4.90 Å². The molecule has 0 aliphatic rings. The molecule has 0 radical (unpaired) electrons. The van der Waals surface area contributed by atoms with Gasteiger partial charge in [-0.2, -0.15) is 0 Å². The van der Waals surface area contributed by atoms with Crippen LogP contribution in [0.25, 0.3) is 0 Å². The summed E-state index contributed by atoms with van der Waals surface area (Å²) < 4.78 is 73.7. The number of ether oxygens (including phenoxy) is 6. The Hall–Kier alpha value is -3.84. The number of primary amides is 1. The fourth-order valence-corrected chi connectivity index (χ4v) is 5.95. The molecule has 0 saturated heterocycles. The predicted molar refractivity (Wildman–Crippen MR) is 226 cm³/mol. The summed E-state index contributed by atoms with van der Waals surface area (Å²) in [6.07, 6.45) is 2.94. The highest BCUT2D eigenvalue weighted by molar-refractivity contribution is 5.73. The summed E-state index contributed by atoms with van der Waals surface area (Å²) in [5.41, 5.74) is 7.35. The number of halogens is 3. The Morgan fingerprint density at radius 2 is 0.914 bits per heavy atom. The van der Waals surface area contributed by atoms with Crippen LogP contribution in [0.2, 0.25) is 0 Å². The van der Waals surface area contributed by atoms with E-state index in [9.17, 15) is 18.0 Å². The number of benzene rings is 3. The number of rotatable bonds is 23. The molecule has 0 aliphatic carbocycles. The molecule has 0 aliphatic heterocycles. The minimum Gasteiger partial charge on any atom is -0.496 e. The van der Waals surface area contributed by atoms with E-state index in [1.807, 2.05) is 14.1 Å². The van der Waals surface area contributed by atoms with Crippen LogP contribution in [0.15, 0.2) is 54.6 Å². The Bertz CT molecular complexity index is 1590. The van der Waals surface area contributed by atoms with E-state index in [0.717, 1.165) is 36.9 Å². The summed E-state index contributed by atoms with van der Waals surface area (Å²) in [6, 6.07) is 13.5. The molecule has 3 rings (SSSR count). The van der Waals surface area contributed by atoms with Crippen LogP contribution in [0.4, 0.5) is 13.2 Å². The van der Waals surface area contributed by atoms with Gasteiger partial charge in [-0.25, -0.2) is 13.2 Å². The maximum atomic E-state index is 13.5. The Labute approximate surface area is 346 Å². The zero-order valence-electron chi connectivity index (χ0n) is 37.0. The number of methoxy groups -OCH3 is 3. The minimum atomic E-state index is -0.417. The maximum Gasteiger partial charge on any atom is 0.219 e. The van der Waals surface area contributed by atoms with Gasteiger partial charge in [0.25, 0.3) is 0 Å². The average Bonchev–Trinajstić information content (AvgIpc) is 3.15. The highest BCUT2D eigenvalue weighted by atomic mass is 19.1. The van der Waals surface area contributed by atoms with E-state index in [1.54, 1.807) is 32.4 Å². The molecule has 3 atom stereocenters. The molecule has 0 aromatic heterocycles. The number of hydrogen-bond donors (Lipinski definition) is 1. The third kappa shape index (κ3) is 20.7. The smallest absolute Gasteiger partial charge is 0.219 e. The standard InChI is InChI=1S/C16H26FNO2.C15H22FNO3.C15H23FO2/c1-12(2)10-16(20-9-8-18(3)4)14-11-13(17)6-7-15(14)19-5;1-10(2)8-14(20-7-6-15(17)18)12-9-11(16)4-5-13(12)19-3;1-5-8-18-15(9-11(2)3)13-10-12(16)6-7-14(13)17-4/h6-7,11-12,16H,8-10H2,1-5H3;4-5,9-10,14H,6-8H2,1-3H3,(H2,17,18);6-7,10-11,15H,5,8-9H2,1-4H3/t16-;14-;15-/m000/s1. The fourth-order valence-electron chi connectivity index (χ4n) is 5.95. The molecule has 12 heteroatoms. The number of likely N-dealkylation sites (N-methyl/N-ethyl adjacent to an activating group) is 1. The van der Waals surface area contributed by atoms with Crippen LogP contribution in [-0.2, 0) is 19.0 Å². The molecule has 0 saturated carbocycles. The van der Waals surface area contributed by atoms with E-state index in [0.29, 0.717) is 60.2 Å². The third-order valence-corrected chi connectivity index (χ3v) is 8.72. The molecule has 0 unspecified atom stereocenters. The maximum absolute atomic E-state index is 13.5. The van der Waals surface area contributed by atoms with E-state index in [-0.39, 0.29) is 48.8 Å². The van der Waals surface area contributed by atoms with Gasteiger partial charge in [0.05, 0.1) is 52.9 Å². The molecule has 1 amide bonds. The van der Waals surface area contributed by atoms with Crippen LogP contribution in [0.5, 0.6) is 17.2 Å². The highest BCUT2D eigenvalue weighted by Crippen LogP contribution is 2.35. The zero-order chi connectivity index (χ0) is 43.8. The first-order valence-electron chi connectivity index (χ1n) is 20.2. The molecule has 0 spiro atoms. The van der Waals surface area contributed by atoms with Crippen molar-refractivity contribution < 1.29 is 46.4 Å². The zero-order valence-corrected chi connectivity index (χ0v) is 37.0. The third-order valence-electron chi connectivity index (χ3n) is 8.72. The van der Waals surface area contributed by atoms with Gasteiger partial charge in [-0.05, 0) is 112 Å². The Kier molecular flexibility index (Phi) is 25.7. The Morgan fingerprint density at radius 3 is 1.19 bits per heavy atom. The minimum absolute atomic E-state index is 0.101. The van der Waals surface area contributed by atoms with Gasteiger partial charge in [0, 0.05) is 36.3 Å². The molecule has 2 N–H and O–H groups in total. The number of carbonyl (C=O) groups is 1. The molecule has 0 fully saturated rings. The highest BCUT2D eigenvalue weighted by Gasteiger charge is 2.22. The average molecular weight is 821 g/mol. The Balaban J connectivity index is 0.000000436. The van der Waals surface area contributed by atoms with Gasteiger partial charge < -0.3 is 39.1 Å². The molecule has 3 aromatic carbocycles. The first-order valence-corrected chi connectivity index (χ1v) is 20.2. The molecule has 9 nitrogen and oxygen atoms in total. The second-order valence-electron chi connectivity index (χ2n) is 15.6. The largest absolute Gasteiger partial charge is 0.496 e. The molecule has 328 valence electrons. The van der Waals surface area contributed by atoms with Crippen molar-refractivity contribution in [1.29, 1.82) is 0 Å². The number of amides is 1. The predicted octanol–water partition coefficient (Wildman–Crippen LogP) is 10.7. The van der Waals surface area contributed by atoms with Crippen LogP contribution in [0.3, 0.4) is 0 Å². The summed E-state index contributed by atoms with van der Waals surface area (Å²) in [7, 11) is 8.74. The molecular weight excluding hydrogens is 750 g/mol. The van der Waals surface area contributed by atoms with E-state index < -0.39 is 5.91 Å². The summed E-state index contributed by atoms with van der Waals surface area (Å²) in [6.45, 7) is 17.0. The van der Waals surface area contributed by atoms with Gasteiger partial charge in [0.1, 0.15) is 34.7 Å². The van der Waals surface area contributed by atoms with Gasteiger partial charge in [0.15, 0.2) is 0 Å². The van der Waals surface area contributed by atoms with E-state index in [4.69, 9.17) is 34.2 Å².